The molecular formula is C15H20N4. The molecule has 0 aliphatic heterocycles. The van der Waals surface area contributed by atoms with Gasteiger partial charge in [-0.25, -0.2) is 9.97 Å². The summed E-state index contributed by atoms with van der Waals surface area (Å²) in [5.74, 6) is 1.02. The van der Waals surface area contributed by atoms with Crippen molar-refractivity contribution < 1.29 is 0 Å². The van der Waals surface area contributed by atoms with Crippen molar-refractivity contribution in [1.82, 2.24) is 9.97 Å². The molecule has 2 rings (SSSR count). The third-order valence-corrected chi connectivity index (χ3v) is 2.88. The molecule has 0 atom stereocenters. The van der Waals surface area contributed by atoms with Crippen LogP contribution in [0.5, 0.6) is 0 Å². The molecule has 0 saturated carbocycles. The summed E-state index contributed by atoms with van der Waals surface area (Å²) in [7, 11) is 0. The fourth-order valence-electron chi connectivity index (χ4n) is 1.85. The molecule has 0 aliphatic carbocycles. The average Bonchev–Trinajstić information content (AvgIpc) is 2.38. The molecule has 0 spiro atoms. The van der Waals surface area contributed by atoms with Crippen LogP contribution in [0.2, 0.25) is 0 Å². The van der Waals surface area contributed by atoms with E-state index in [2.05, 4.69) is 29.1 Å². The van der Waals surface area contributed by atoms with Gasteiger partial charge in [-0.15, -0.1) is 0 Å². The van der Waals surface area contributed by atoms with Crippen LogP contribution < -0.4 is 11.1 Å². The molecule has 0 aliphatic rings. The maximum Gasteiger partial charge on any atom is 0.227 e. The maximum atomic E-state index is 5.64. The topological polar surface area (TPSA) is 63.8 Å². The molecule has 3 N–H and O–H groups in total. The minimum atomic E-state index is 0.387. The number of anilines is 2. The van der Waals surface area contributed by atoms with E-state index in [4.69, 9.17) is 5.73 Å². The van der Waals surface area contributed by atoms with Crippen molar-refractivity contribution in [2.45, 2.75) is 33.2 Å². The Bertz CT molecular complexity index is 564. The first-order valence-electron chi connectivity index (χ1n) is 6.50. The molecule has 1 aromatic heterocycles. The highest BCUT2D eigenvalue weighted by atomic mass is 15.1. The Hall–Kier alpha value is -1.94. The van der Waals surface area contributed by atoms with Gasteiger partial charge in [0.15, 0.2) is 0 Å². The number of nitrogens with two attached hydrogens (primary N) is 1. The lowest BCUT2D eigenvalue weighted by Crippen LogP contribution is -2.04. The van der Waals surface area contributed by atoms with E-state index < -0.39 is 0 Å². The Morgan fingerprint density at radius 1 is 1.21 bits per heavy atom. The van der Waals surface area contributed by atoms with Gasteiger partial charge < -0.3 is 11.1 Å². The Morgan fingerprint density at radius 3 is 2.68 bits per heavy atom. The molecule has 4 nitrogen and oxygen atoms in total. The quantitative estimate of drug-likeness (QED) is 0.882. The monoisotopic (exact) mass is 256 g/mol. The summed E-state index contributed by atoms with van der Waals surface area (Å²) >= 11 is 0. The van der Waals surface area contributed by atoms with Gasteiger partial charge in [-0.3, -0.25) is 0 Å². The van der Waals surface area contributed by atoms with E-state index in [0.29, 0.717) is 18.4 Å². The standard InChI is InChI=1S/C15H20N4/c1-10(2)14-7-11(3)17-15(19-14)18-13-6-4-5-12(8-13)9-16/h4-8,10H,9,16H2,1-3H3,(H,17,18,19). The minimum Gasteiger partial charge on any atom is -0.326 e. The van der Waals surface area contributed by atoms with Crippen molar-refractivity contribution in [3.8, 4) is 0 Å². The van der Waals surface area contributed by atoms with Gasteiger partial charge in [-0.05, 0) is 36.6 Å². The highest BCUT2D eigenvalue weighted by Gasteiger charge is 2.06. The van der Waals surface area contributed by atoms with E-state index >= 15 is 0 Å². The zero-order chi connectivity index (χ0) is 13.8. The van der Waals surface area contributed by atoms with Crippen LogP contribution >= 0.6 is 0 Å². The molecule has 2 aromatic rings. The van der Waals surface area contributed by atoms with Gasteiger partial charge in [-0.2, -0.15) is 0 Å². The van der Waals surface area contributed by atoms with Crippen molar-refractivity contribution in [2.75, 3.05) is 5.32 Å². The number of benzene rings is 1. The molecule has 4 heteroatoms. The number of rotatable bonds is 4. The van der Waals surface area contributed by atoms with Crippen molar-refractivity contribution in [1.29, 1.82) is 0 Å². The summed E-state index contributed by atoms with van der Waals surface area (Å²) in [6, 6.07) is 10.00. The van der Waals surface area contributed by atoms with E-state index in [9.17, 15) is 0 Å². The van der Waals surface area contributed by atoms with E-state index in [-0.39, 0.29) is 0 Å². The number of hydrogen-bond acceptors (Lipinski definition) is 4. The number of aryl methyl sites for hydroxylation is 1. The number of nitrogens with one attached hydrogen (secondary N) is 1. The normalized spacial score (nSPS) is 10.8. The molecular weight excluding hydrogens is 236 g/mol. The van der Waals surface area contributed by atoms with E-state index in [1.54, 1.807) is 0 Å². The smallest absolute Gasteiger partial charge is 0.227 e. The lowest BCUT2D eigenvalue weighted by molar-refractivity contribution is 0.812. The highest BCUT2D eigenvalue weighted by molar-refractivity contribution is 5.54. The first-order valence-corrected chi connectivity index (χ1v) is 6.50. The molecule has 19 heavy (non-hydrogen) atoms. The number of aromatic nitrogens is 2. The van der Waals surface area contributed by atoms with Gasteiger partial charge >= 0.3 is 0 Å². The molecule has 1 heterocycles. The molecule has 0 amide bonds. The summed E-state index contributed by atoms with van der Waals surface area (Å²) < 4.78 is 0. The largest absolute Gasteiger partial charge is 0.326 e. The van der Waals surface area contributed by atoms with Crippen LogP contribution in [0, 0.1) is 6.92 Å². The summed E-state index contributed by atoms with van der Waals surface area (Å²) in [6.07, 6.45) is 0. The van der Waals surface area contributed by atoms with Crippen LogP contribution in [0.25, 0.3) is 0 Å². The average molecular weight is 256 g/mol. The van der Waals surface area contributed by atoms with Gasteiger partial charge in [0.25, 0.3) is 0 Å². The van der Waals surface area contributed by atoms with Crippen LogP contribution in [-0.4, -0.2) is 9.97 Å². The van der Waals surface area contributed by atoms with E-state index in [1.807, 2.05) is 37.3 Å². The highest BCUT2D eigenvalue weighted by Crippen LogP contribution is 2.18. The summed E-state index contributed by atoms with van der Waals surface area (Å²) in [4.78, 5) is 8.94. The molecule has 100 valence electrons. The number of hydrogen-bond donors (Lipinski definition) is 2. The van der Waals surface area contributed by atoms with Crippen molar-refractivity contribution >= 4 is 11.6 Å². The predicted molar refractivity (Wildman–Crippen MR) is 78.5 cm³/mol. The summed E-state index contributed by atoms with van der Waals surface area (Å²) in [6.45, 7) is 6.76. The van der Waals surface area contributed by atoms with Crippen LogP contribution in [-0.2, 0) is 6.54 Å². The van der Waals surface area contributed by atoms with Gasteiger partial charge in [0.2, 0.25) is 5.95 Å². The third kappa shape index (κ3) is 3.51. The van der Waals surface area contributed by atoms with Gasteiger partial charge in [-0.1, -0.05) is 26.0 Å². The Kier molecular flexibility index (Phi) is 4.12. The lowest BCUT2D eigenvalue weighted by atomic mass is 10.1. The molecule has 0 bridgehead atoms. The zero-order valence-corrected chi connectivity index (χ0v) is 11.6. The lowest BCUT2D eigenvalue weighted by Gasteiger charge is -2.10. The molecule has 0 radical (unpaired) electrons. The fraction of sp³-hybridized carbons (Fsp3) is 0.333. The van der Waals surface area contributed by atoms with E-state index in [1.165, 1.54) is 0 Å². The van der Waals surface area contributed by atoms with Crippen molar-refractivity contribution in [3.63, 3.8) is 0 Å². The second-order valence-electron chi connectivity index (χ2n) is 4.94. The zero-order valence-electron chi connectivity index (χ0n) is 11.6. The Morgan fingerprint density at radius 2 is 2.00 bits per heavy atom. The van der Waals surface area contributed by atoms with Gasteiger partial charge in [0, 0.05) is 23.6 Å². The summed E-state index contributed by atoms with van der Waals surface area (Å²) in [5, 5.41) is 3.24. The van der Waals surface area contributed by atoms with Crippen molar-refractivity contribution in [3.05, 3.63) is 47.3 Å². The first-order chi connectivity index (χ1) is 9.08. The maximum absolute atomic E-state index is 5.64. The second-order valence-corrected chi connectivity index (χ2v) is 4.94. The molecule has 0 unspecified atom stereocenters. The van der Waals surface area contributed by atoms with Gasteiger partial charge in [0.05, 0.1) is 0 Å². The van der Waals surface area contributed by atoms with Crippen LogP contribution in [0.1, 0.15) is 36.7 Å². The van der Waals surface area contributed by atoms with Gasteiger partial charge in [0.1, 0.15) is 0 Å². The Labute approximate surface area is 114 Å². The van der Waals surface area contributed by atoms with Crippen LogP contribution in [0.4, 0.5) is 11.6 Å². The van der Waals surface area contributed by atoms with Crippen LogP contribution in [0.3, 0.4) is 0 Å². The fourth-order valence-corrected chi connectivity index (χ4v) is 1.85. The Balaban J connectivity index is 2.27. The molecule has 0 saturated heterocycles. The molecule has 1 aromatic carbocycles. The minimum absolute atomic E-state index is 0.387. The summed E-state index contributed by atoms with van der Waals surface area (Å²) in [5.41, 5.74) is 9.70. The first kappa shape index (κ1) is 13.5. The second kappa shape index (κ2) is 5.80. The van der Waals surface area contributed by atoms with Crippen molar-refractivity contribution in [2.24, 2.45) is 5.73 Å². The van der Waals surface area contributed by atoms with E-state index in [0.717, 1.165) is 22.6 Å². The number of nitrogens with zero attached hydrogens (tertiary/aromatic N) is 2. The third-order valence-electron chi connectivity index (χ3n) is 2.88. The van der Waals surface area contributed by atoms with Crippen LogP contribution in [0.15, 0.2) is 30.3 Å². The predicted octanol–water partition coefficient (Wildman–Crippen LogP) is 3.11. The SMILES string of the molecule is Cc1cc(C(C)C)nc(Nc2cccc(CN)c2)n1. The molecule has 0 fully saturated rings.